The summed E-state index contributed by atoms with van der Waals surface area (Å²) in [7, 11) is 0. The van der Waals surface area contributed by atoms with Gasteiger partial charge in [-0.1, -0.05) is 6.07 Å². The zero-order valence-corrected chi connectivity index (χ0v) is 11.6. The van der Waals surface area contributed by atoms with Crippen molar-refractivity contribution in [2.75, 3.05) is 18.9 Å². The van der Waals surface area contributed by atoms with Crippen LogP contribution in [0.1, 0.15) is 22.5 Å². The predicted octanol–water partition coefficient (Wildman–Crippen LogP) is 2.53. The number of thiophene rings is 1. The molecule has 3 rings (SSSR count). The zero-order chi connectivity index (χ0) is 14.1. The Labute approximate surface area is 119 Å². The minimum absolute atomic E-state index is 0.00529. The molecule has 3 N–H and O–H groups in total. The van der Waals surface area contributed by atoms with Gasteiger partial charge in [0.1, 0.15) is 10.7 Å². The summed E-state index contributed by atoms with van der Waals surface area (Å²) in [6.45, 7) is 1.26. The number of rotatable bonds is 2. The fourth-order valence-corrected chi connectivity index (χ4v) is 3.44. The lowest BCUT2D eigenvalue weighted by atomic mass is 10.1. The summed E-state index contributed by atoms with van der Waals surface area (Å²) in [5.74, 6) is -0.644. The van der Waals surface area contributed by atoms with Gasteiger partial charge in [-0.2, -0.15) is 0 Å². The maximum absolute atomic E-state index is 13.8. The molecule has 0 aliphatic carbocycles. The first-order valence-corrected chi connectivity index (χ1v) is 7.33. The summed E-state index contributed by atoms with van der Waals surface area (Å²) >= 11 is 1.22. The van der Waals surface area contributed by atoms with E-state index in [2.05, 4.69) is 5.32 Å². The van der Waals surface area contributed by atoms with Crippen molar-refractivity contribution in [3.63, 3.8) is 0 Å². The average Bonchev–Trinajstić information content (AvgIpc) is 2.79. The first-order chi connectivity index (χ1) is 9.66. The van der Waals surface area contributed by atoms with Crippen molar-refractivity contribution in [1.82, 2.24) is 5.32 Å². The second-order valence-electron chi connectivity index (χ2n) is 4.85. The molecule has 2 heterocycles. The minimum atomic E-state index is -0.392. The molecule has 1 saturated heterocycles. The van der Waals surface area contributed by atoms with E-state index >= 15 is 0 Å². The summed E-state index contributed by atoms with van der Waals surface area (Å²) in [4.78, 5) is 12.6. The van der Waals surface area contributed by atoms with Crippen LogP contribution in [-0.2, 0) is 4.74 Å². The molecule has 6 heteroatoms. The van der Waals surface area contributed by atoms with E-state index < -0.39 is 5.82 Å². The number of nitrogens with two attached hydrogens (primary N) is 1. The highest BCUT2D eigenvalue weighted by molar-refractivity contribution is 7.21. The molecule has 0 spiro atoms. The summed E-state index contributed by atoms with van der Waals surface area (Å²) in [5.41, 5.74) is 6.14. The Kier molecular flexibility index (Phi) is 3.58. The number of anilines is 1. The van der Waals surface area contributed by atoms with Gasteiger partial charge in [-0.15, -0.1) is 11.3 Å². The van der Waals surface area contributed by atoms with Crippen molar-refractivity contribution in [2.45, 2.75) is 18.9 Å². The van der Waals surface area contributed by atoms with Crippen LogP contribution in [0.4, 0.5) is 10.1 Å². The van der Waals surface area contributed by atoms with Crippen molar-refractivity contribution in [2.24, 2.45) is 0 Å². The fraction of sp³-hybridized carbons (Fsp3) is 0.357. The quantitative estimate of drug-likeness (QED) is 0.894. The summed E-state index contributed by atoms with van der Waals surface area (Å²) in [6, 6.07) is 4.73. The van der Waals surface area contributed by atoms with E-state index in [1.54, 1.807) is 12.1 Å². The lowest BCUT2D eigenvalue weighted by Crippen LogP contribution is -2.40. The van der Waals surface area contributed by atoms with Crippen molar-refractivity contribution in [3.8, 4) is 0 Å². The number of fused-ring (bicyclic) bond motifs is 1. The second-order valence-corrected chi connectivity index (χ2v) is 5.90. The summed E-state index contributed by atoms with van der Waals surface area (Å²) < 4.78 is 19.8. The van der Waals surface area contributed by atoms with Gasteiger partial charge in [0.15, 0.2) is 0 Å². The van der Waals surface area contributed by atoms with Gasteiger partial charge in [-0.25, -0.2) is 4.39 Å². The lowest BCUT2D eigenvalue weighted by Gasteiger charge is -2.22. The molecule has 106 valence electrons. The molecular formula is C14H15FN2O2S. The monoisotopic (exact) mass is 294 g/mol. The fourth-order valence-electron chi connectivity index (χ4n) is 2.40. The van der Waals surface area contributed by atoms with Gasteiger partial charge < -0.3 is 15.8 Å². The van der Waals surface area contributed by atoms with E-state index in [4.69, 9.17) is 10.5 Å². The van der Waals surface area contributed by atoms with E-state index in [0.29, 0.717) is 21.6 Å². The zero-order valence-electron chi connectivity index (χ0n) is 10.8. The van der Waals surface area contributed by atoms with Gasteiger partial charge in [0.25, 0.3) is 5.91 Å². The van der Waals surface area contributed by atoms with Gasteiger partial charge >= 0.3 is 0 Å². The SMILES string of the molecule is Nc1c(C(=O)NC2CCCOC2)sc2cccc(F)c12. The topological polar surface area (TPSA) is 64.4 Å². The van der Waals surface area contributed by atoms with Crippen LogP contribution in [0.5, 0.6) is 0 Å². The minimum Gasteiger partial charge on any atom is -0.397 e. The van der Waals surface area contributed by atoms with E-state index in [0.717, 1.165) is 19.4 Å². The summed E-state index contributed by atoms with van der Waals surface area (Å²) in [6.07, 6.45) is 1.83. The van der Waals surface area contributed by atoms with Crippen LogP contribution in [-0.4, -0.2) is 25.2 Å². The third-order valence-electron chi connectivity index (χ3n) is 3.40. The maximum atomic E-state index is 13.8. The number of carbonyl (C=O) groups is 1. The molecule has 2 aromatic rings. The van der Waals surface area contributed by atoms with Gasteiger partial charge in [0.2, 0.25) is 0 Å². The van der Waals surface area contributed by atoms with Crippen molar-refractivity contribution >= 4 is 33.0 Å². The van der Waals surface area contributed by atoms with Crippen molar-refractivity contribution in [1.29, 1.82) is 0 Å². The highest BCUT2D eigenvalue weighted by Crippen LogP contribution is 2.35. The molecule has 1 aromatic carbocycles. The number of hydrogen-bond acceptors (Lipinski definition) is 4. The normalized spacial score (nSPS) is 19.1. The number of amides is 1. The maximum Gasteiger partial charge on any atom is 0.263 e. The largest absolute Gasteiger partial charge is 0.397 e. The van der Waals surface area contributed by atoms with Crippen LogP contribution in [0.25, 0.3) is 10.1 Å². The van der Waals surface area contributed by atoms with Crippen molar-refractivity contribution < 1.29 is 13.9 Å². The van der Waals surface area contributed by atoms with Crippen LogP contribution in [0.15, 0.2) is 18.2 Å². The van der Waals surface area contributed by atoms with E-state index in [-0.39, 0.29) is 17.6 Å². The van der Waals surface area contributed by atoms with Crippen molar-refractivity contribution in [3.05, 3.63) is 28.9 Å². The molecule has 20 heavy (non-hydrogen) atoms. The Morgan fingerprint density at radius 1 is 1.50 bits per heavy atom. The molecule has 1 aliphatic heterocycles. The van der Waals surface area contributed by atoms with Crippen LogP contribution >= 0.6 is 11.3 Å². The molecular weight excluding hydrogens is 279 g/mol. The molecule has 1 fully saturated rings. The highest BCUT2D eigenvalue weighted by atomic mass is 32.1. The summed E-state index contributed by atoms with van der Waals surface area (Å²) in [5, 5.41) is 3.24. The number of carbonyl (C=O) groups excluding carboxylic acids is 1. The van der Waals surface area contributed by atoms with Gasteiger partial charge in [0.05, 0.1) is 23.7 Å². The Morgan fingerprint density at radius 3 is 3.05 bits per heavy atom. The molecule has 0 bridgehead atoms. The Bertz CT molecular complexity index is 650. The Balaban J connectivity index is 1.87. The molecule has 1 amide bonds. The molecule has 1 unspecified atom stereocenters. The van der Waals surface area contributed by atoms with Gasteiger partial charge in [0, 0.05) is 11.3 Å². The van der Waals surface area contributed by atoms with E-state index in [1.165, 1.54) is 17.4 Å². The number of hydrogen-bond donors (Lipinski definition) is 2. The number of benzene rings is 1. The third-order valence-corrected chi connectivity index (χ3v) is 4.57. The Hall–Kier alpha value is -1.66. The second kappa shape index (κ2) is 5.38. The average molecular weight is 294 g/mol. The van der Waals surface area contributed by atoms with Crippen LogP contribution in [0.2, 0.25) is 0 Å². The molecule has 1 atom stereocenters. The Morgan fingerprint density at radius 2 is 2.35 bits per heavy atom. The number of nitrogen functional groups attached to an aromatic ring is 1. The number of nitrogens with one attached hydrogen (secondary N) is 1. The van der Waals surface area contributed by atoms with Gasteiger partial charge in [-0.05, 0) is 25.0 Å². The molecule has 0 saturated carbocycles. The van der Waals surface area contributed by atoms with Crippen LogP contribution < -0.4 is 11.1 Å². The van der Waals surface area contributed by atoms with E-state index in [9.17, 15) is 9.18 Å². The number of ether oxygens (including phenoxy) is 1. The molecule has 1 aromatic heterocycles. The molecule has 0 radical (unpaired) electrons. The van der Waals surface area contributed by atoms with Gasteiger partial charge in [-0.3, -0.25) is 4.79 Å². The smallest absolute Gasteiger partial charge is 0.263 e. The highest BCUT2D eigenvalue weighted by Gasteiger charge is 2.22. The van der Waals surface area contributed by atoms with E-state index in [1.807, 2.05) is 0 Å². The first-order valence-electron chi connectivity index (χ1n) is 6.52. The standard InChI is InChI=1S/C14H15FN2O2S/c15-9-4-1-5-10-11(9)12(16)13(20-10)14(18)17-8-3-2-6-19-7-8/h1,4-5,8H,2-3,6-7,16H2,(H,17,18). The third kappa shape index (κ3) is 2.36. The first kappa shape index (κ1) is 13.3. The lowest BCUT2D eigenvalue weighted by molar-refractivity contribution is 0.0626. The molecule has 1 aliphatic rings. The van der Waals surface area contributed by atoms with Crippen LogP contribution in [0, 0.1) is 5.82 Å². The molecule has 4 nitrogen and oxygen atoms in total. The van der Waals surface area contributed by atoms with Crippen LogP contribution in [0.3, 0.4) is 0 Å². The predicted molar refractivity (Wildman–Crippen MR) is 77.5 cm³/mol. The number of halogens is 1.